The molecule has 2 aromatic carbocycles. The van der Waals surface area contributed by atoms with Gasteiger partial charge in [-0.15, -0.1) is 0 Å². The van der Waals surface area contributed by atoms with E-state index in [0.717, 1.165) is 15.3 Å². The second-order valence-electron chi connectivity index (χ2n) is 6.57. The maximum atomic E-state index is 13.3. The maximum absolute atomic E-state index is 13.3. The summed E-state index contributed by atoms with van der Waals surface area (Å²) in [5.41, 5.74) is 2.22. The number of aryl methyl sites for hydroxylation is 1. The van der Waals surface area contributed by atoms with Crippen LogP contribution in [0.5, 0.6) is 0 Å². The van der Waals surface area contributed by atoms with Crippen LogP contribution in [0.15, 0.2) is 64.0 Å². The number of nitrogens with zero attached hydrogens (tertiary/aromatic N) is 2. The third-order valence-corrected chi connectivity index (χ3v) is 6.53. The summed E-state index contributed by atoms with van der Waals surface area (Å²) in [5, 5.41) is 0.723. The van der Waals surface area contributed by atoms with Gasteiger partial charge >= 0.3 is 5.97 Å². The molecule has 0 aliphatic carbocycles. The number of hydrogen-bond donors (Lipinski definition) is 0. The standard InChI is InChI=1S/C21H18N2O5S/c1-13-8-10-14(11-9-13)29(25,26)23(2)19-16(21(24)27-3)12-22-18-15-6-4-5-7-17(15)28-20(18)19/h4-12H,1-3H3. The van der Waals surface area contributed by atoms with Crippen LogP contribution in [0.3, 0.4) is 0 Å². The molecule has 29 heavy (non-hydrogen) atoms. The van der Waals surface area contributed by atoms with Crippen molar-refractivity contribution >= 4 is 43.7 Å². The Labute approximate surface area is 167 Å². The van der Waals surface area contributed by atoms with E-state index in [1.165, 1.54) is 32.5 Å². The van der Waals surface area contributed by atoms with Gasteiger partial charge in [-0.05, 0) is 31.2 Å². The highest BCUT2D eigenvalue weighted by atomic mass is 32.2. The van der Waals surface area contributed by atoms with Crippen LogP contribution >= 0.6 is 0 Å². The molecule has 4 aromatic rings. The van der Waals surface area contributed by atoms with Gasteiger partial charge in [0.25, 0.3) is 10.0 Å². The number of anilines is 1. The van der Waals surface area contributed by atoms with Gasteiger partial charge in [0.05, 0.1) is 12.0 Å². The first-order valence-electron chi connectivity index (χ1n) is 8.78. The van der Waals surface area contributed by atoms with E-state index < -0.39 is 16.0 Å². The number of benzene rings is 2. The lowest BCUT2D eigenvalue weighted by molar-refractivity contribution is 0.0601. The molecule has 0 saturated heterocycles. The normalized spacial score (nSPS) is 11.7. The van der Waals surface area contributed by atoms with Gasteiger partial charge in [0.2, 0.25) is 0 Å². The van der Waals surface area contributed by atoms with Crippen molar-refractivity contribution in [2.75, 3.05) is 18.5 Å². The third-order valence-electron chi connectivity index (χ3n) is 4.76. The van der Waals surface area contributed by atoms with Gasteiger partial charge < -0.3 is 9.15 Å². The van der Waals surface area contributed by atoms with E-state index in [-0.39, 0.29) is 21.7 Å². The molecule has 0 bridgehead atoms. The smallest absolute Gasteiger partial charge is 0.341 e. The molecule has 0 aliphatic heterocycles. The molecule has 2 aromatic heterocycles. The molecule has 4 rings (SSSR count). The number of rotatable bonds is 4. The van der Waals surface area contributed by atoms with Gasteiger partial charge in [0.15, 0.2) is 5.58 Å². The Morgan fingerprint density at radius 2 is 1.79 bits per heavy atom. The molecule has 7 nitrogen and oxygen atoms in total. The van der Waals surface area contributed by atoms with Crippen molar-refractivity contribution in [1.29, 1.82) is 0 Å². The largest absolute Gasteiger partial charge is 0.465 e. The van der Waals surface area contributed by atoms with E-state index in [0.29, 0.717) is 11.1 Å². The summed E-state index contributed by atoms with van der Waals surface area (Å²) in [4.78, 5) is 16.8. The zero-order valence-electron chi connectivity index (χ0n) is 16.0. The van der Waals surface area contributed by atoms with Crippen LogP contribution in [0.2, 0.25) is 0 Å². The predicted octanol–water partition coefficient (Wildman–Crippen LogP) is 3.90. The number of hydrogen-bond acceptors (Lipinski definition) is 6. The molecule has 0 N–H and O–H groups in total. The second kappa shape index (κ2) is 6.89. The van der Waals surface area contributed by atoms with Gasteiger partial charge in [-0.3, -0.25) is 9.29 Å². The monoisotopic (exact) mass is 410 g/mol. The minimum absolute atomic E-state index is 0.00255. The summed E-state index contributed by atoms with van der Waals surface area (Å²) < 4.78 is 38.3. The number of ether oxygens (including phenoxy) is 1. The van der Waals surface area contributed by atoms with E-state index in [2.05, 4.69) is 4.98 Å². The van der Waals surface area contributed by atoms with Gasteiger partial charge in [-0.25, -0.2) is 13.2 Å². The number of methoxy groups -OCH3 is 1. The van der Waals surface area contributed by atoms with Crippen molar-refractivity contribution < 1.29 is 22.4 Å². The van der Waals surface area contributed by atoms with Crippen molar-refractivity contribution in [1.82, 2.24) is 4.98 Å². The Hall–Kier alpha value is -3.39. The van der Waals surface area contributed by atoms with E-state index in [4.69, 9.17) is 9.15 Å². The second-order valence-corrected chi connectivity index (χ2v) is 8.54. The highest BCUT2D eigenvalue weighted by Crippen LogP contribution is 2.37. The van der Waals surface area contributed by atoms with Crippen molar-refractivity contribution in [3.63, 3.8) is 0 Å². The van der Waals surface area contributed by atoms with Gasteiger partial charge in [0.1, 0.15) is 22.4 Å². The van der Waals surface area contributed by atoms with E-state index >= 15 is 0 Å². The summed E-state index contributed by atoms with van der Waals surface area (Å²) in [7, 11) is -1.36. The number of para-hydroxylation sites is 1. The predicted molar refractivity (Wildman–Crippen MR) is 110 cm³/mol. The Balaban J connectivity index is 2.01. The minimum atomic E-state index is -3.96. The number of fused-ring (bicyclic) bond motifs is 3. The zero-order chi connectivity index (χ0) is 20.8. The molecular weight excluding hydrogens is 392 g/mol. The average Bonchev–Trinajstić information content (AvgIpc) is 3.11. The molecular formula is C21H18N2O5S. The molecule has 0 amide bonds. The Bertz CT molecular complexity index is 1340. The Kier molecular flexibility index (Phi) is 4.50. The van der Waals surface area contributed by atoms with Crippen molar-refractivity contribution in [3.8, 4) is 0 Å². The van der Waals surface area contributed by atoms with Crippen LogP contribution in [-0.4, -0.2) is 33.5 Å². The van der Waals surface area contributed by atoms with Gasteiger partial charge in [0, 0.05) is 18.6 Å². The summed E-state index contributed by atoms with van der Waals surface area (Å²) in [5.74, 6) is -0.708. The lowest BCUT2D eigenvalue weighted by Crippen LogP contribution is -2.28. The minimum Gasteiger partial charge on any atom is -0.465 e. The first-order valence-corrected chi connectivity index (χ1v) is 10.2. The molecule has 0 saturated carbocycles. The molecule has 2 heterocycles. The number of furan rings is 1. The number of carbonyl (C=O) groups excluding carboxylic acids is 1. The number of pyridine rings is 1. The number of aromatic nitrogens is 1. The maximum Gasteiger partial charge on any atom is 0.341 e. The van der Waals surface area contributed by atoms with Gasteiger partial charge in [-0.1, -0.05) is 29.8 Å². The quantitative estimate of drug-likeness (QED) is 0.474. The van der Waals surface area contributed by atoms with Crippen LogP contribution in [-0.2, 0) is 14.8 Å². The lowest BCUT2D eigenvalue weighted by Gasteiger charge is -2.21. The third kappa shape index (κ3) is 3.01. The summed E-state index contributed by atoms with van der Waals surface area (Å²) in [6, 6.07) is 13.7. The summed E-state index contributed by atoms with van der Waals surface area (Å²) in [6.45, 7) is 1.87. The first-order chi connectivity index (χ1) is 13.8. The number of carbonyl (C=O) groups is 1. The van der Waals surface area contributed by atoms with Crippen LogP contribution in [0, 0.1) is 6.92 Å². The SMILES string of the molecule is COC(=O)c1cnc2c(oc3ccccc32)c1N(C)S(=O)(=O)c1ccc(C)cc1. The molecule has 0 unspecified atom stereocenters. The Morgan fingerprint density at radius 1 is 1.10 bits per heavy atom. The fraction of sp³-hybridized carbons (Fsp3) is 0.143. The molecule has 8 heteroatoms. The molecule has 0 spiro atoms. The highest BCUT2D eigenvalue weighted by Gasteiger charge is 2.30. The molecule has 0 fully saturated rings. The average molecular weight is 410 g/mol. The fourth-order valence-corrected chi connectivity index (χ4v) is 4.41. The van der Waals surface area contributed by atoms with Crippen LogP contribution in [0.1, 0.15) is 15.9 Å². The molecule has 0 aliphatic rings. The summed E-state index contributed by atoms with van der Waals surface area (Å²) >= 11 is 0. The van der Waals surface area contributed by atoms with Crippen LogP contribution in [0.4, 0.5) is 5.69 Å². The topological polar surface area (TPSA) is 89.7 Å². The van der Waals surface area contributed by atoms with E-state index in [1.807, 2.05) is 19.1 Å². The van der Waals surface area contributed by atoms with Crippen molar-refractivity contribution in [3.05, 3.63) is 65.9 Å². The van der Waals surface area contributed by atoms with Gasteiger partial charge in [-0.2, -0.15) is 0 Å². The summed E-state index contributed by atoms with van der Waals surface area (Å²) in [6.07, 6.45) is 1.31. The zero-order valence-corrected chi connectivity index (χ0v) is 16.9. The van der Waals surface area contributed by atoms with Crippen molar-refractivity contribution in [2.45, 2.75) is 11.8 Å². The fourth-order valence-electron chi connectivity index (χ4n) is 3.19. The first kappa shape index (κ1) is 18.9. The van der Waals surface area contributed by atoms with E-state index in [1.54, 1.807) is 24.3 Å². The highest BCUT2D eigenvalue weighted by molar-refractivity contribution is 7.92. The molecule has 148 valence electrons. The number of esters is 1. The van der Waals surface area contributed by atoms with Crippen LogP contribution in [0.25, 0.3) is 22.1 Å². The Morgan fingerprint density at radius 3 is 2.48 bits per heavy atom. The molecule has 0 atom stereocenters. The number of sulfonamides is 1. The van der Waals surface area contributed by atoms with E-state index in [9.17, 15) is 13.2 Å². The lowest BCUT2D eigenvalue weighted by atomic mass is 10.2. The van der Waals surface area contributed by atoms with Crippen molar-refractivity contribution in [2.24, 2.45) is 0 Å². The molecule has 0 radical (unpaired) electrons. The van der Waals surface area contributed by atoms with Crippen LogP contribution < -0.4 is 4.31 Å².